The van der Waals surface area contributed by atoms with Crippen LogP contribution in [0.15, 0.2) is 35.8 Å². The molecule has 1 saturated carbocycles. The second-order valence-electron chi connectivity index (χ2n) is 4.28. The molecule has 2 atom stereocenters. The molecule has 4 nitrogen and oxygen atoms in total. The van der Waals surface area contributed by atoms with Crippen molar-refractivity contribution in [2.24, 2.45) is 17.2 Å². The van der Waals surface area contributed by atoms with Crippen molar-refractivity contribution in [3.05, 3.63) is 35.8 Å². The Kier molecular flexibility index (Phi) is 5.08. The number of aliphatic hydroxyl groups excluding tert-OH is 1. The number of nitrogens with two attached hydrogens (primary N) is 3. The Morgan fingerprint density at radius 3 is 2.31 bits per heavy atom. The Morgan fingerprint density at radius 1 is 1.19 bits per heavy atom. The summed E-state index contributed by atoms with van der Waals surface area (Å²) in [6.45, 7) is 0. The Morgan fingerprint density at radius 2 is 1.81 bits per heavy atom. The monoisotopic (exact) mass is 223 g/mol. The largest absolute Gasteiger partial charge is 0.508 e. The van der Waals surface area contributed by atoms with E-state index < -0.39 is 0 Å². The van der Waals surface area contributed by atoms with Crippen LogP contribution in [0.3, 0.4) is 0 Å². The van der Waals surface area contributed by atoms with E-state index in [1.165, 1.54) is 0 Å². The van der Waals surface area contributed by atoms with Gasteiger partial charge in [0.1, 0.15) is 5.76 Å². The quantitative estimate of drug-likeness (QED) is 0.493. The number of allylic oxidation sites excluding steroid dienone is 4. The standard InChI is InChI=1S/C7H9NO.C5H12N2/c8-6-3-1-2-4-7(9)5-6;6-4-1-2-5(7)3-4/h1-2,4-5,9H,3,8H2;4-5H,1-3,6-7H2/t;4-,5+. The van der Waals surface area contributed by atoms with Crippen LogP contribution in [0.4, 0.5) is 0 Å². The number of aliphatic hydroxyl groups is 1. The molecule has 7 N–H and O–H groups in total. The van der Waals surface area contributed by atoms with Crippen molar-refractivity contribution < 1.29 is 5.11 Å². The summed E-state index contributed by atoms with van der Waals surface area (Å²) in [7, 11) is 0. The first-order valence-electron chi connectivity index (χ1n) is 5.61. The van der Waals surface area contributed by atoms with Gasteiger partial charge in [-0.2, -0.15) is 0 Å². The predicted octanol–water partition coefficient (Wildman–Crippen LogP) is 1.06. The molecule has 2 rings (SSSR count). The minimum absolute atomic E-state index is 0.223. The van der Waals surface area contributed by atoms with Crippen LogP contribution in [-0.4, -0.2) is 17.2 Å². The van der Waals surface area contributed by atoms with Gasteiger partial charge in [-0.3, -0.25) is 0 Å². The van der Waals surface area contributed by atoms with Crippen LogP contribution < -0.4 is 17.2 Å². The molecule has 2 aliphatic carbocycles. The van der Waals surface area contributed by atoms with Gasteiger partial charge in [-0.05, 0) is 31.4 Å². The molecule has 0 aliphatic heterocycles. The summed E-state index contributed by atoms with van der Waals surface area (Å²) in [5, 5.41) is 8.91. The minimum Gasteiger partial charge on any atom is -0.508 e. The summed E-state index contributed by atoms with van der Waals surface area (Å²) < 4.78 is 0. The van der Waals surface area contributed by atoms with Crippen molar-refractivity contribution in [3.63, 3.8) is 0 Å². The SMILES string of the molecule is NC1=CC(O)=CC=CC1.N[C@@H]1CC[C@H](N)C1. The summed E-state index contributed by atoms with van der Waals surface area (Å²) in [4.78, 5) is 0. The third kappa shape index (κ3) is 5.00. The lowest BCUT2D eigenvalue weighted by atomic mass is 10.2. The highest BCUT2D eigenvalue weighted by Crippen LogP contribution is 2.13. The lowest BCUT2D eigenvalue weighted by molar-refractivity contribution is 0.432. The molecular formula is C12H21N3O. The van der Waals surface area contributed by atoms with Gasteiger partial charge in [0.15, 0.2) is 0 Å². The molecule has 2 aliphatic rings. The van der Waals surface area contributed by atoms with Crippen LogP contribution in [-0.2, 0) is 0 Å². The molecule has 0 bridgehead atoms. The Bertz CT molecular complexity index is 299. The predicted molar refractivity (Wildman–Crippen MR) is 66.5 cm³/mol. The number of hydrogen-bond donors (Lipinski definition) is 4. The van der Waals surface area contributed by atoms with Gasteiger partial charge in [-0.25, -0.2) is 0 Å². The summed E-state index contributed by atoms with van der Waals surface area (Å²) >= 11 is 0. The summed E-state index contributed by atoms with van der Waals surface area (Å²) in [5.74, 6) is 0.223. The van der Waals surface area contributed by atoms with Crippen LogP contribution in [0.2, 0.25) is 0 Å². The molecule has 16 heavy (non-hydrogen) atoms. The van der Waals surface area contributed by atoms with E-state index in [1.807, 2.05) is 6.08 Å². The fourth-order valence-corrected chi connectivity index (χ4v) is 1.72. The van der Waals surface area contributed by atoms with Gasteiger partial charge in [-0.1, -0.05) is 12.2 Å². The molecule has 90 valence electrons. The van der Waals surface area contributed by atoms with E-state index in [0.717, 1.165) is 25.7 Å². The molecule has 0 radical (unpaired) electrons. The third-order valence-electron chi connectivity index (χ3n) is 2.60. The smallest absolute Gasteiger partial charge is 0.117 e. The van der Waals surface area contributed by atoms with Gasteiger partial charge in [-0.15, -0.1) is 0 Å². The van der Waals surface area contributed by atoms with Crippen molar-refractivity contribution >= 4 is 0 Å². The Hall–Kier alpha value is -1.26. The van der Waals surface area contributed by atoms with E-state index in [1.54, 1.807) is 18.2 Å². The molecular weight excluding hydrogens is 202 g/mol. The molecule has 0 heterocycles. The molecule has 0 spiro atoms. The molecule has 0 aromatic heterocycles. The Balaban J connectivity index is 0.000000165. The van der Waals surface area contributed by atoms with Crippen LogP contribution in [0.1, 0.15) is 25.7 Å². The highest BCUT2D eigenvalue weighted by Gasteiger charge is 2.16. The van der Waals surface area contributed by atoms with E-state index in [4.69, 9.17) is 22.3 Å². The van der Waals surface area contributed by atoms with Crippen LogP contribution >= 0.6 is 0 Å². The zero-order valence-corrected chi connectivity index (χ0v) is 9.47. The fourth-order valence-electron chi connectivity index (χ4n) is 1.72. The maximum atomic E-state index is 8.91. The second kappa shape index (κ2) is 6.35. The lowest BCUT2D eigenvalue weighted by Crippen LogP contribution is -2.20. The molecule has 0 unspecified atom stereocenters. The van der Waals surface area contributed by atoms with Crippen molar-refractivity contribution in [1.29, 1.82) is 0 Å². The van der Waals surface area contributed by atoms with Gasteiger partial charge in [0, 0.05) is 24.2 Å². The van der Waals surface area contributed by atoms with Gasteiger partial charge in [0.2, 0.25) is 0 Å². The highest BCUT2D eigenvalue weighted by molar-refractivity contribution is 5.25. The fraction of sp³-hybridized carbons (Fsp3) is 0.500. The van der Waals surface area contributed by atoms with E-state index in [0.29, 0.717) is 17.8 Å². The van der Waals surface area contributed by atoms with Crippen molar-refractivity contribution in [2.45, 2.75) is 37.8 Å². The topological polar surface area (TPSA) is 98.3 Å². The lowest BCUT2D eigenvalue weighted by Gasteiger charge is -1.97. The van der Waals surface area contributed by atoms with Gasteiger partial charge < -0.3 is 22.3 Å². The van der Waals surface area contributed by atoms with Crippen molar-refractivity contribution in [1.82, 2.24) is 0 Å². The second-order valence-corrected chi connectivity index (χ2v) is 4.28. The zero-order chi connectivity index (χ0) is 12.0. The van der Waals surface area contributed by atoms with Gasteiger partial charge >= 0.3 is 0 Å². The average Bonchev–Trinajstić information content (AvgIpc) is 2.47. The third-order valence-corrected chi connectivity index (χ3v) is 2.60. The summed E-state index contributed by atoms with van der Waals surface area (Å²) in [6, 6.07) is 0.796. The van der Waals surface area contributed by atoms with E-state index in [9.17, 15) is 0 Å². The molecule has 0 saturated heterocycles. The van der Waals surface area contributed by atoms with Crippen LogP contribution in [0.25, 0.3) is 0 Å². The van der Waals surface area contributed by atoms with Gasteiger partial charge in [0.05, 0.1) is 0 Å². The van der Waals surface area contributed by atoms with Crippen molar-refractivity contribution in [3.8, 4) is 0 Å². The Labute approximate surface area is 96.5 Å². The maximum absolute atomic E-state index is 8.91. The van der Waals surface area contributed by atoms with Crippen LogP contribution in [0.5, 0.6) is 0 Å². The zero-order valence-electron chi connectivity index (χ0n) is 9.47. The molecule has 4 heteroatoms. The van der Waals surface area contributed by atoms with E-state index in [-0.39, 0.29) is 5.76 Å². The average molecular weight is 223 g/mol. The summed E-state index contributed by atoms with van der Waals surface area (Å²) in [6.07, 6.45) is 10.9. The molecule has 0 amide bonds. The van der Waals surface area contributed by atoms with Crippen LogP contribution in [0, 0.1) is 0 Å². The first-order chi connectivity index (χ1) is 7.58. The molecule has 0 aromatic carbocycles. The number of rotatable bonds is 0. The van der Waals surface area contributed by atoms with Crippen molar-refractivity contribution in [2.75, 3.05) is 0 Å². The van der Waals surface area contributed by atoms with E-state index >= 15 is 0 Å². The highest BCUT2D eigenvalue weighted by atomic mass is 16.3. The molecule has 1 fully saturated rings. The normalized spacial score (nSPS) is 28.6. The van der Waals surface area contributed by atoms with Gasteiger partial charge in [0.25, 0.3) is 0 Å². The van der Waals surface area contributed by atoms with E-state index in [2.05, 4.69) is 0 Å². The number of hydrogen-bond acceptors (Lipinski definition) is 4. The minimum atomic E-state index is 0.223. The first-order valence-corrected chi connectivity index (χ1v) is 5.61. The maximum Gasteiger partial charge on any atom is 0.117 e. The molecule has 0 aromatic rings. The first kappa shape index (κ1) is 12.8. The summed E-state index contributed by atoms with van der Waals surface area (Å²) in [5.41, 5.74) is 17.2.